The lowest BCUT2D eigenvalue weighted by atomic mass is 10.0. The van der Waals surface area contributed by atoms with Gasteiger partial charge in [0.15, 0.2) is 0 Å². The smallest absolute Gasteiger partial charge is 0.119 e. The molecule has 0 aliphatic carbocycles. The van der Waals surface area contributed by atoms with E-state index in [1.165, 1.54) is 21.9 Å². The zero-order chi connectivity index (χ0) is 13.2. The zero-order valence-electron chi connectivity index (χ0n) is 11.1. The molecular weight excluding hydrogens is 234 g/mol. The Morgan fingerprint density at radius 2 is 1.63 bits per heavy atom. The molecule has 0 saturated carbocycles. The lowest BCUT2D eigenvalue weighted by Crippen LogP contribution is -1.85. The molecule has 1 aromatic heterocycles. The van der Waals surface area contributed by atoms with E-state index in [-0.39, 0.29) is 0 Å². The van der Waals surface area contributed by atoms with Crippen molar-refractivity contribution in [2.24, 2.45) is 0 Å². The SMILES string of the molecule is COc1ccc2cc(-c3cncc(C)c3)ccc2c1. The minimum Gasteiger partial charge on any atom is -0.497 e. The Hall–Kier alpha value is -2.35. The highest BCUT2D eigenvalue weighted by Gasteiger charge is 2.02. The normalized spacial score (nSPS) is 10.6. The van der Waals surface area contributed by atoms with Crippen LogP contribution in [0.3, 0.4) is 0 Å². The Bertz CT molecular complexity index is 734. The van der Waals surface area contributed by atoms with E-state index in [0.29, 0.717) is 0 Å². The number of nitrogens with zero attached hydrogens (tertiary/aromatic N) is 1. The molecule has 0 aliphatic heterocycles. The fraction of sp³-hybridized carbons (Fsp3) is 0.118. The van der Waals surface area contributed by atoms with Crippen molar-refractivity contribution in [1.29, 1.82) is 0 Å². The molecule has 0 spiro atoms. The van der Waals surface area contributed by atoms with E-state index in [0.717, 1.165) is 11.3 Å². The standard InChI is InChI=1S/C17H15NO/c1-12-7-16(11-18-10-12)14-3-4-15-9-17(19-2)6-5-13(15)8-14/h3-11H,1-2H3. The summed E-state index contributed by atoms with van der Waals surface area (Å²) >= 11 is 0. The maximum atomic E-state index is 5.24. The Morgan fingerprint density at radius 3 is 2.42 bits per heavy atom. The zero-order valence-corrected chi connectivity index (χ0v) is 11.1. The van der Waals surface area contributed by atoms with Gasteiger partial charge in [-0.1, -0.05) is 18.2 Å². The molecule has 1 heterocycles. The monoisotopic (exact) mass is 249 g/mol. The van der Waals surface area contributed by atoms with E-state index < -0.39 is 0 Å². The summed E-state index contributed by atoms with van der Waals surface area (Å²) in [6.07, 6.45) is 3.77. The van der Waals surface area contributed by atoms with Gasteiger partial charge in [0.05, 0.1) is 7.11 Å². The number of ether oxygens (including phenoxy) is 1. The van der Waals surface area contributed by atoms with E-state index in [4.69, 9.17) is 4.74 Å². The summed E-state index contributed by atoms with van der Waals surface area (Å²) in [6, 6.07) is 14.7. The van der Waals surface area contributed by atoms with Crippen molar-refractivity contribution in [2.45, 2.75) is 6.92 Å². The molecule has 0 amide bonds. The van der Waals surface area contributed by atoms with Crippen LogP contribution in [-0.2, 0) is 0 Å². The summed E-state index contributed by atoms with van der Waals surface area (Å²) in [5, 5.41) is 2.39. The highest BCUT2D eigenvalue weighted by atomic mass is 16.5. The van der Waals surface area contributed by atoms with Crippen LogP contribution >= 0.6 is 0 Å². The lowest BCUT2D eigenvalue weighted by Gasteiger charge is -2.06. The van der Waals surface area contributed by atoms with Gasteiger partial charge in [-0.2, -0.15) is 0 Å². The van der Waals surface area contributed by atoms with E-state index in [2.05, 4.69) is 42.2 Å². The summed E-state index contributed by atoms with van der Waals surface area (Å²) in [6.45, 7) is 2.06. The van der Waals surface area contributed by atoms with Gasteiger partial charge < -0.3 is 4.74 Å². The van der Waals surface area contributed by atoms with Gasteiger partial charge in [0.2, 0.25) is 0 Å². The third-order valence-electron chi connectivity index (χ3n) is 3.26. The first-order valence-electron chi connectivity index (χ1n) is 6.26. The van der Waals surface area contributed by atoms with Crippen LogP contribution in [0.1, 0.15) is 5.56 Å². The minimum absolute atomic E-state index is 0.887. The van der Waals surface area contributed by atoms with Crippen LogP contribution in [0.5, 0.6) is 5.75 Å². The van der Waals surface area contributed by atoms with Crippen LogP contribution in [0.2, 0.25) is 0 Å². The van der Waals surface area contributed by atoms with Gasteiger partial charge in [0.25, 0.3) is 0 Å². The van der Waals surface area contributed by atoms with Gasteiger partial charge in [-0.05, 0) is 53.1 Å². The topological polar surface area (TPSA) is 22.1 Å². The average Bonchev–Trinajstić information content (AvgIpc) is 2.46. The Labute approximate surface area is 112 Å². The number of hydrogen-bond donors (Lipinski definition) is 0. The van der Waals surface area contributed by atoms with Gasteiger partial charge in [0.1, 0.15) is 5.75 Å². The average molecular weight is 249 g/mol. The second-order valence-corrected chi connectivity index (χ2v) is 4.68. The molecule has 0 radical (unpaired) electrons. The summed E-state index contributed by atoms with van der Waals surface area (Å²) in [7, 11) is 1.69. The maximum Gasteiger partial charge on any atom is 0.119 e. The molecule has 0 fully saturated rings. The molecule has 2 aromatic carbocycles. The Balaban J connectivity index is 2.11. The van der Waals surface area contributed by atoms with Gasteiger partial charge in [0, 0.05) is 18.0 Å². The second kappa shape index (κ2) is 4.73. The molecule has 3 rings (SSSR count). The van der Waals surface area contributed by atoms with Crippen LogP contribution < -0.4 is 4.74 Å². The van der Waals surface area contributed by atoms with Gasteiger partial charge in [-0.15, -0.1) is 0 Å². The molecule has 0 N–H and O–H groups in total. The van der Waals surface area contributed by atoms with Crippen molar-refractivity contribution in [3.05, 3.63) is 60.4 Å². The van der Waals surface area contributed by atoms with Crippen LogP contribution in [0.25, 0.3) is 21.9 Å². The van der Waals surface area contributed by atoms with Crippen molar-refractivity contribution in [2.75, 3.05) is 7.11 Å². The van der Waals surface area contributed by atoms with Crippen molar-refractivity contribution in [1.82, 2.24) is 4.98 Å². The van der Waals surface area contributed by atoms with E-state index in [9.17, 15) is 0 Å². The van der Waals surface area contributed by atoms with Crippen molar-refractivity contribution in [3.63, 3.8) is 0 Å². The van der Waals surface area contributed by atoms with E-state index in [1.54, 1.807) is 7.11 Å². The fourth-order valence-corrected chi connectivity index (χ4v) is 2.24. The first kappa shape index (κ1) is 11.7. The largest absolute Gasteiger partial charge is 0.497 e. The summed E-state index contributed by atoms with van der Waals surface area (Å²) in [5.41, 5.74) is 3.51. The molecule has 2 heteroatoms. The number of pyridine rings is 1. The lowest BCUT2D eigenvalue weighted by molar-refractivity contribution is 0.415. The van der Waals surface area contributed by atoms with Crippen molar-refractivity contribution < 1.29 is 4.74 Å². The molecule has 0 aliphatic rings. The molecule has 3 aromatic rings. The first-order chi connectivity index (χ1) is 9.26. The van der Waals surface area contributed by atoms with E-state index in [1.807, 2.05) is 24.5 Å². The van der Waals surface area contributed by atoms with Gasteiger partial charge >= 0.3 is 0 Å². The predicted molar refractivity (Wildman–Crippen MR) is 78.5 cm³/mol. The molecular formula is C17H15NO. The highest BCUT2D eigenvalue weighted by Crippen LogP contribution is 2.26. The van der Waals surface area contributed by atoms with Crippen LogP contribution in [0.4, 0.5) is 0 Å². The number of fused-ring (bicyclic) bond motifs is 1. The molecule has 0 bridgehead atoms. The van der Waals surface area contributed by atoms with Crippen LogP contribution in [0, 0.1) is 6.92 Å². The van der Waals surface area contributed by atoms with Crippen molar-refractivity contribution in [3.8, 4) is 16.9 Å². The van der Waals surface area contributed by atoms with Crippen LogP contribution in [-0.4, -0.2) is 12.1 Å². The number of aryl methyl sites for hydroxylation is 1. The highest BCUT2D eigenvalue weighted by molar-refractivity contribution is 5.88. The molecule has 2 nitrogen and oxygen atoms in total. The molecule has 19 heavy (non-hydrogen) atoms. The molecule has 0 saturated heterocycles. The van der Waals surface area contributed by atoms with Crippen LogP contribution in [0.15, 0.2) is 54.9 Å². The third-order valence-corrected chi connectivity index (χ3v) is 3.26. The number of rotatable bonds is 2. The summed E-state index contributed by atoms with van der Waals surface area (Å²) < 4.78 is 5.24. The molecule has 94 valence electrons. The van der Waals surface area contributed by atoms with Gasteiger partial charge in [-0.25, -0.2) is 0 Å². The van der Waals surface area contributed by atoms with E-state index >= 15 is 0 Å². The number of methoxy groups -OCH3 is 1. The molecule has 0 atom stereocenters. The number of benzene rings is 2. The predicted octanol–water partition coefficient (Wildman–Crippen LogP) is 4.22. The Kier molecular flexibility index (Phi) is 2.92. The number of hydrogen-bond acceptors (Lipinski definition) is 2. The third kappa shape index (κ3) is 2.29. The minimum atomic E-state index is 0.887. The molecule has 0 unspecified atom stereocenters. The van der Waals surface area contributed by atoms with Gasteiger partial charge in [-0.3, -0.25) is 4.98 Å². The summed E-state index contributed by atoms with van der Waals surface area (Å²) in [5.74, 6) is 0.887. The first-order valence-corrected chi connectivity index (χ1v) is 6.26. The fourth-order valence-electron chi connectivity index (χ4n) is 2.24. The number of aromatic nitrogens is 1. The summed E-state index contributed by atoms with van der Waals surface area (Å²) in [4.78, 5) is 4.25. The quantitative estimate of drug-likeness (QED) is 0.678. The maximum absolute atomic E-state index is 5.24. The second-order valence-electron chi connectivity index (χ2n) is 4.68. The Morgan fingerprint density at radius 1 is 0.842 bits per heavy atom. The van der Waals surface area contributed by atoms with Crippen molar-refractivity contribution >= 4 is 10.8 Å².